The molecule has 0 radical (unpaired) electrons. The van der Waals surface area contributed by atoms with E-state index in [0.29, 0.717) is 0 Å². The smallest absolute Gasteiger partial charge is 0.121 e. The first-order valence-corrected chi connectivity index (χ1v) is 6.05. The summed E-state index contributed by atoms with van der Waals surface area (Å²) in [6, 6.07) is 6.26. The molecule has 0 aromatic heterocycles. The molecule has 1 rings (SSSR count). The molecule has 0 heterocycles. The van der Waals surface area contributed by atoms with Crippen molar-refractivity contribution in [2.24, 2.45) is 5.73 Å². The minimum atomic E-state index is -0.0944. The van der Waals surface area contributed by atoms with Crippen molar-refractivity contribution in [1.82, 2.24) is 5.32 Å². The summed E-state index contributed by atoms with van der Waals surface area (Å²) in [6.07, 6.45) is 0.974. The maximum absolute atomic E-state index is 5.92. The van der Waals surface area contributed by atoms with Crippen LogP contribution in [0.25, 0.3) is 0 Å². The molecule has 0 saturated carbocycles. The summed E-state index contributed by atoms with van der Waals surface area (Å²) in [7, 11) is 1.70. The molecule has 0 unspecified atom stereocenters. The van der Waals surface area contributed by atoms with Crippen molar-refractivity contribution < 1.29 is 4.74 Å². The lowest BCUT2D eigenvalue weighted by Crippen LogP contribution is -2.35. The van der Waals surface area contributed by atoms with E-state index in [1.165, 1.54) is 11.1 Å². The van der Waals surface area contributed by atoms with Crippen molar-refractivity contribution in [2.45, 2.75) is 39.3 Å². The molecule has 1 aromatic rings. The van der Waals surface area contributed by atoms with Crippen LogP contribution in [0.5, 0.6) is 5.75 Å². The first-order valence-electron chi connectivity index (χ1n) is 6.05. The van der Waals surface area contributed by atoms with Gasteiger partial charge in [-0.1, -0.05) is 12.1 Å². The van der Waals surface area contributed by atoms with Crippen molar-refractivity contribution in [2.75, 3.05) is 13.7 Å². The van der Waals surface area contributed by atoms with Crippen molar-refractivity contribution in [3.8, 4) is 5.75 Å². The highest BCUT2D eigenvalue weighted by molar-refractivity contribution is 5.36. The van der Waals surface area contributed by atoms with Crippen molar-refractivity contribution in [3.63, 3.8) is 0 Å². The van der Waals surface area contributed by atoms with Gasteiger partial charge in [0.25, 0.3) is 0 Å². The largest absolute Gasteiger partial charge is 0.496 e. The number of nitrogens with one attached hydrogen (secondary N) is 1. The molecule has 0 atom stereocenters. The van der Waals surface area contributed by atoms with Gasteiger partial charge in [0.15, 0.2) is 0 Å². The highest BCUT2D eigenvalue weighted by atomic mass is 16.5. The monoisotopic (exact) mass is 236 g/mol. The highest BCUT2D eigenvalue weighted by Gasteiger charge is 2.09. The number of rotatable bonds is 6. The van der Waals surface area contributed by atoms with Gasteiger partial charge in [-0.3, -0.25) is 0 Å². The standard InChI is InChI=1S/C14H24N2O/c1-11-9-12(5-6-13(11)17-4)10-16-8-7-14(2,3)15/h5-6,9,16H,7-8,10,15H2,1-4H3. The SMILES string of the molecule is COc1ccc(CNCCC(C)(C)N)cc1C. The van der Waals surface area contributed by atoms with Gasteiger partial charge in [0.2, 0.25) is 0 Å². The van der Waals surface area contributed by atoms with Crippen LogP contribution in [-0.4, -0.2) is 19.2 Å². The van der Waals surface area contributed by atoms with Gasteiger partial charge in [-0.25, -0.2) is 0 Å². The van der Waals surface area contributed by atoms with Gasteiger partial charge in [-0.05, 0) is 50.9 Å². The van der Waals surface area contributed by atoms with Gasteiger partial charge in [-0.2, -0.15) is 0 Å². The fraction of sp³-hybridized carbons (Fsp3) is 0.571. The van der Waals surface area contributed by atoms with E-state index in [-0.39, 0.29) is 5.54 Å². The lowest BCUT2D eigenvalue weighted by atomic mass is 10.0. The fourth-order valence-corrected chi connectivity index (χ4v) is 1.69. The number of hydrogen-bond donors (Lipinski definition) is 2. The molecule has 0 saturated heterocycles. The number of aryl methyl sites for hydroxylation is 1. The van der Waals surface area contributed by atoms with E-state index in [4.69, 9.17) is 10.5 Å². The van der Waals surface area contributed by atoms with E-state index in [0.717, 1.165) is 25.3 Å². The molecule has 0 aliphatic rings. The highest BCUT2D eigenvalue weighted by Crippen LogP contribution is 2.18. The van der Waals surface area contributed by atoms with Gasteiger partial charge < -0.3 is 15.8 Å². The molecule has 0 fully saturated rings. The average molecular weight is 236 g/mol. The van der Waals surface area contributed by atoms with Gasteiger partial charge >= 0.3 is 0 Å². The molecule has 0 amide bonds. The zero-order chi connectivity index (χ0) is 12.9. The first kappa shape index (κ1) is 14.0. The van der Waals surface area contributed by atoms with Crippen LogP contribution in [0.2, 0.25) is 0 Å². The average Bonchev–Trinajstić information content (AvgIpc) is 2.23. The number of methoxy groups -OCH3 is 1. The first-order chi connectivity index (χ1) is 7.92. The molecular formula is C14H24N2O. The van der Waals surface area contributed by atoms with Crippen LogP contribution in [0.1, 0.15) is 31.4 Å². The van der Waals surface area contributed by atoms with Crippen LogP contribution in [0.3, 0.4) is 0 Å². The molecule has 3 heteroatoms. The second-order valence-corrected chi connectivity index (χ2v) is 5.22. The van der Waals surface area contributed by atoms with Crippen molar-refractivity contribution >= 4 is 0 Å². The molecule has 0 aliphatic carbocycles. The van der Waals surface area contributed by atoms with Crippen LogP contribution >= 0.6 is 0 Å². The minimum absolute atomic E-state index is 0.0944. The summed E-state index contributed by atoms with van der Waals surface area (Å²) in [5, 5.41) is 3.40. The Bertz CT molecular complexity index is 356. The van der Waals surface area contributed by atoms with Gasteiger partial charge in [0.1, 0.15) is 5.75 Å². The summed E-state index contributed by atoms with van der Waals surface area (Å²) < 4.78 is 5.23. The fourth-order valence-electron chi connectivity index (χ4n) is 1.69. The van der Waals surface area contributed by atoms with Crippen LogP contribution < -0.4 is 15.8 Å². The van der Waals surface area contributed by atoms with Crippen LogP contribution in [0.15, 0.2) is 18.2 Å². The van der Waals surface area contributed by atoms with Crippen molar-refractivity contribution in [3.05, 3.63) is 29.3 Å². The zero-order valence-corrected chi connectivity index (χ0v) is 11.3. The topological polar surface area (TPSA) is 47.3 Å². The second-order valence-electron chi connectivity index (χ2n) is 5.22. The Hall–Kier alpha value is -1.06. The Morgan fingerprint density at radius 2 is 2.06 bits per heavy atom. The van der Waals surface area contributed by atoms with E-state index >= 15 is 0 Å². The maximum atomic E-state index is 5.92. The summed E-state index contributed by atoms with van der Waals surface area (Å²) in [5.41, 5.74) is 8.27. The van der Waals surface area contributed by atoms with Gasteiger partial charge in [-0.15, -0.1) is 0 Å². The third-order valence-electron chi connectivity index (χ3n) is 2.73. The maximum Gasteiger partial charge on any atom is 0.121 e. The van der Waals surface area contributed by atoms with Crippen LogP contribution in [0.4, 0.5) is 0 Å². The van der Waals surface area contributed by atoms with Crippen molar-refractivity contribution in [1.29, 1.82) is 0 Å². The normalized spacial score (nSPS) is 11.6. The number of benzene rings is 1. The number of hydrogen-bond acceptors (Lipinski definition) is 3. The Labute approximate surface area is 104 Å². The third-order valence-corrected chi connectivity index (χ3v) is 2.73. The molecule has 96 valence electrons. The van der Waals surface area contributed by atoms with E-state index in [1.807, 2.05) is 19.9 Å². The predicted molar refractivity (Wildman–Crippen MR) is 72.3 cm³/mol. The second kappa shape index (κ2) is 6.03. The van der Waals surface area contributed by atoms with Gasteiger partial charge in [0.05, 0.1) is 7.11 Å². The van der Waals surface area contributed by atoms with E-state index < -0.39 is 0 Å². The summed E-state index contributed by atoms with van der Waals surface area (Å²) >= 11 is 0. The van der Waals surface area contributed by atoms with E-state index in [2.05, 4.69) is 24.4 Å². The Kier molecular flexibility index (Phi) is 4.97. The summed E-state index contributed by atoms with van der Waals surface area (Å²) in [5.74, 6) is 0.942. The summed E-state index contributed by atoms with van der Waals surface area (Å²) in [6.45, 7) is 7.97. The molecule has 0 aliphatic heterocycles. The summed E-state index contributed by atoms with van der Waals surface area (Å²) in [4.78, 5) is 0. The quantitative estimate of drug-likeness (QED) is 0.745. The molecule has 0 bridgehead atoms. The molecule has 3 N–H and O–H groups in total. The number of nitrogens with two attached hydrogens (primary N) is 1. The predicted octanol–water partition coefficient (Wildman–Crippen LogP) is 2.22. The van der Waals surface area contributed by atoms with Crippen LogP contribution in [0, 0.1) is 6.92 Å². The molecular weight excluding hydrogens is 212 g/mol. The molecule has 1 aromatic carbocycles. The lowest BCUT2D eigenvalue weighted by Gasteiger charge is -2.18. The lowest BCUT2D eigenvalue weighted by molar-refractivity contribution is 0.411. The van der Waals surface area contributed by atoms with Gasteiger partial charge in [0, 0.05) is 12.1 Å². The number of ether oxygens (including phenoxy) is 1. The third kappa shape index (κ3) is 5.20. The zero-order valence-electron chi connectivity index (χ0n) is 11.3. The molecule has 17 heavy (non-hydrogen) atoms. The Morgan fingerprint density at radius 3 is 2.59 bits per heavy atom. The van der Waals surface area contributed by atoms with E-state index in [1.54, 1.807) is 7.11 Å². The van der Waals surface area contributed by atoms with Crippen LogP contribution in [-0.2, 0) is 6.54 Å². The Morgan fingerprint density at radius 1 is 1.35 bits per heavy atom. The Balaban J connectivity index is 2.40. The van der Waals surface area contributed by atoms with E-state index in [9.17, 15) is 0 Å². The minimum Gasteiger partial charge on any atom is -0.496 e. The molecule has 3 nitrogen and oxygen atoms in total. The molecule has 0 spiro atoms.